The number of anilines is 1. The Morgan fingerprint density at radius 3 is 2.53 bits per heavy atom. The number of esters is 1. The third-order valence-corrected chi connectivity index (χ3v) is 5.01. The van der Waals surface area contributed by atoms with E-state index in [-0.39, 0.29) is 23.3 Å². The van der Waals surface area contributed by atoms with Crippen molar-refractivity contribution in [2.45, 2.75) is 67.3 Å². The van der Waals surface area contributed by atoms with Gasteiger partial charge in [0, 0.05) is 24.4 Å². The van der Waals surface area contributed by atoms with Crippen LogP contribution in [0.5, 0.6) is 0 Å². The Bertz CT molecular complexity index is 883. The van der Waals surface area contributed by atoms with Crippen LogP contribution in [0.2, 0.25) is 0 Å². The number of rotatable bonds is 8. The van der Waals surface area contributed by atoms with Gasteiger partial charge in [-0.1, -0.05) is 53.7 Å². The number of urea groups is 1. The van der Waals surface area contributed by atoms with E-state index >= 15 is 0 Å². The number of hydrogen-bond donors (Lipinski definition) is 2. The second kappa shape index (κ2) is 10.7. The number of amides is 3. The quantitative estimate of drug-likeness (QED) is 0.553. The summed E-state index contributed by atoms with van der Waals surface area (Å²) in [6, 6.07) is 6.32. The molecule has 3 amide bonds. The summed E-state index contributed by atoms with van der Waals surface area (Å²) in [6.45, 7) is 14.5. The molecule has 1 aliphatic heterocycles. The van der Waals surface area contributed by atoms with Crippen LogP contribution in [-0.4, -0.2) is 36.0 Å². The maximum atomic E-state index is 13.0. The number of allylic oxidation sites excluding steroid dienone is 1. The maximum absolute atomic E-state index is 13.0. The fourth-order valence-electron chi connectivity index (χ4n) is 3.59. The summed E-state index contributed by atoms with van der Waals surface area (Å²) in [6.07, 6.45) is 1.15. The van der Waals surface area contributed by atoms with Crippen LogP contribution in [0.25, 0.3) is 0 Å². The summed E-state index contributed by atoms with van der Waals surface area (Å²) in [5.41, 5.74) is 2.21. The van der Waals surface area contributed by atoms with Crippen LogP contribution in [0.4, 0.5) is 10.5 Å². The van der Waals surface area contributed by atoms with Crippen molar-refractivity contribution in [2.75, 3.05) is 18.5 Å². The number of nitrogens with one attached hydrogen (secondary N) is 2. The van der Waals surface area contributed by atoms with E-state index in [1.54, 1.807) is 30.0 Å². The van der Waals surface area contributed by atoms with Crippen LogP contribution in [0.1, 0.15) is 72.9 Å². The zero-order valence-electron chi connectivity index (χ0n) is 20.4. The lowest BCUT2D eigenvalue weighted by Gasteiger charge is -2.35. The van der Waals surface area contributed by atoms with Crippen molar-refractivity contribution >= 4 is 23.6 Å². The van der Waals surface area contributed by atoms with E-state index in [2.05, 4.69) is 10.6 Å². The highest BCUT2D eigenvalue weighted by Gasteiger charge is 2.36. The van der Waals surface area contributed by atoms with Crippen molar-refractivity contribution in [1.82, 2.24) is 10.2 Å². The topological polar surface area (TPSA) is 87.7 Å². The highest BCUT2D eigenvalue weighted by molar-refractivity contribution is 5.95. The monoisotopic (exact) mass is 443 g/mol. The highest BCUT2D eigenvalue weighted by Crippen LogP contribution is 2.33. The number of carbonyl (C=O) groups excluding carboxylic acids is 3. The summed E-state index contributed by atoms with van der Waals surface area (Å²) in [7, 11) is 0. The fraction of sp³-hybridized carbons (Fsp3) is 0.560. The van der Waals surface area contributed by atoms with Gasteiger partial charge in [0.15, 0.2) is 0 Å². The number of carbonyl (C=O) groups is 3. The van der Waals surface area contributed by atoms with Gasteiger partial charge in [-0.25, -0.2) is 9.59 Å². The lowest BCUT2D eigenvalue weighted by molar-refractivity contribution is -0.140. The molecule has 1 aromatic rings. The summed E-state index contributed by atoms with van der Waals surface area (Å²) in [5.74, 6) is -0.325. The lowest BCUT2D eigenvalue weighted by atomic mass is 9.92. The second-order valence-electron chi connectivity index (χ2n) is 9.94. The normalized spacial score (nSPS) is 16.8. The molecule has 0 spiro atoms. The first kappa shape index (κ1) is 25.4. The average molecular weight is 444 g/mol. The molecule has 32 heavy (non-hydrogen) atoms. The molecule has 1 unspecified atom stereocenters. The zero-order chi connectivity index (χ0) is 24.1. The Labute approximate surface area is 191 Å². The summed E-state index contributed by atoms with van der Waals surface area (Å²) in [4.78, 5) is 39.8. The number of hydrogen-bond acceptors (Lipinski definition) is 4. The fourth-order valence-corrected chi connectivity index (χ4v) is 3.59. The molecule has 0 aromatic heterocycles. The van der Waals surface area contributed by atoms with E-state index in [1.807, 2.05) is 47.6 Å². The summed E-state index contributed by atoms with van der Waals surface area (Å²) in [5, 5.41) is 5.87. The van der Waals surface area contributed by atoms with E-state index in [1.165, 1.54) is 0 Å². The van der Waals surface area contributed by atoms with Crippen molar-refractivity contribution in [1.29, 1.82) is 0 Å². The van der Waals surface area contributed by atoms with E-state index in [0.717, 1.165) is 6.42 Å². The minimum Gasteiger partial charge on any atom is -0.462 e. The largest absolute Gasteiger partial charge is 0.462 e. The van der Waals surface area contributed by atoms with Crippen LogP contribution < -0.4 is 10.6 Å². The maximum Gasteiger partial charge on any atom is 0.338 e. The smallest absolute Gasteiger partial charge is 0.338 e. The number of ether oxygens (including phenoxy) is 1. The van der Waals surface area contributed by atoms with Gasteiger partial charge in [0.05, 0.1) is 18.2 Å². The van der Waals surface area contributed by atoms with Crippen molar-refractivity contribution < 1.29 is 19.1 Å². The van der Waals surface area contributed by atoms with Crippen LogP contribution >= 0.6 is 0 Å². The Hall–Kier alpha value is -2.83. The van der Waals surface area contributed by atoms with Gasteiger partial charge >= 0.3 is 12.0 Å². The zero-order valence-corrected chi connectivity index (χ0v) is 20.4. The van der Waals surface area contributed by atoms with Gasteiger partial charge in [-0.15, -0.1) is 0 Å². The van der Waals surface area contributed by atoms with Gasteiger partial charge in [-0.3, -0.25) is 9.69 Å². The van der Waals surface area contributed by atoms with E-state index < -0.39 is 12.0 Å². The number of benzene rings is 1. The van der Waals surface area contributed by atoms with Crippen LogP contribution in [-0.2, 0) is 14.3 Å². The molecule has 0 saturated heterocycles. The van der Waals surface area contributed by atoms with Crippen molar-refractivity contribution in [3.05, 3.63) is 41.1 Å². The molecule has 2 rings (SSSR count). The van der Waals surface area contributed by atoms with Crippen molar-refractivity contribution in [3.63, 3.8) is 0 Å². The third-order valence-electron chi connectivity index (χ3n) is 5.01. The highest BCUT2D eigenvalue weighted by atomic mass is 16.5. The van der Waals surface area contributed by atoms with Gasteiger partial charge in [-0.2, -0.15) is 0 Å². The van der Waals surface area contributed by atoms with Gasteiger partial charge in [0.25, 0.3) is 0 Å². The first-order chi connectivity index (χ1) is 14.9. The predicted octanol–water partition coefficient (Wildman–Crippen LogP) is 5.01. The van der Waals surface area contributed by atoms with Gasteiger partial charge in [-0.05, 0) is 42.4 Å². The third kappa shape index (κ3) is 6.84. The molecule has 0 bridgehead atoms. The van der Waals surface area contributed by atoms with E-state index in [0.29, 0.717) is 42.1 Å². The molecule has 1 heterocycles. The first-order valence-electron chi connectivity index (χ1n) is 11.3. The summed E-state index contributed by atoms with van der Waals surface area (Å²) >= 11 is 0. The molecule has 0 aliphatic carbocycles. The van der Waals surface area contributed by atoms with Gasteiger partial charge < -0.3 is 15.4 Å². The lowest BCUT2D eigenvalue weighted by Crippen LogP contribution is -2.48. The standard InChI is InChI=1S/C25H37N3O4/c1-8-12-28-17(4)21(23(30)32-15-16(2)3)22(27-24(28)31)18-10-9-11-19(13-18)26-20(29)14-25(5,6)7/h9-11,13,16,22H,8,12,14-15H2,1-7H3,(H,26,29)(H,27,31). The average Bonchev–Trinajstić information content (AvgIpc) is 2.67. The molecule has 176 valence electrons. The molecular formula is C25H37N3O4. The molecular weight excluding hydrogens is 406 g/mol. The van der Waals surface area contributed by atoms with E-state index in [9.17, 15) is 14.4 Å². The molecule has 1 aliphatic rings. The Balaban J connectivity index is 2.39. The molecule has 2 N–H and O–H groups in total. The van der Waals surface area contributed by atoms with Crippen molar-refractivity contribution in [2.24, 2.45) is 11.3 Å². The predicted molar refractivity (Wildman–Crippen MR) is 126 cm³/mol. The van der Waals surface area contributed by atoms with Gasteiger partial charge in [0.2, 0.25) is 5.91 Å². The number of nitrogens with zero attached hydrogens (tertiary/aromatic N) is 1. The Morgan fingerprint density at radius 1 is 1.25 bits per heavy atom. The molecule has 7 heteroatoms. The SMILES string of the molecule is CCCN1C(=O)NC(c2cccc(NC(=O)CC(C)(C)C)c2)C(C(=O)OCC(C)C)=C1C. The first-order valence-corrected chi connectivity index (χ1v) is 11.3. The minimum atomic E-state index is -0.658. The molecule has 0 radical (unpaired) electrons. The Kier molecular flexibility index (Phi) is 8.47. The van der Waals surface area contributed by atoms with Crippen molar-refractivity contribution in [3.8, 4) is 0 Å². The summed E-state index contributed by atoms with van der Waals surface area (Å²) < 4.78 is 5.53. The minimum absolute atomic E-state index is 0.0836. The second-order valence-corrected chi connectivity index (χ2v) is 9.94. The molecule has 0 fully saturated rings. The molecule has 0 saturated carbocycles. The Morgan fingerprint density at radius 2 is 1.94 bits per heavy atom. The van der Waals surface area contributed by atoms with E-state index in [4.69, 9.17) is 4.74 Å². The van der Waals surface area contributed by atoms with Crippen LogP contribution in [0.3, 0.4) is 0 Å². The molecule has 1 atom stereocenters. The van der Waals surface area contributed by atoms with Crippen LogP contribution in [0, 0.1) is 11.3 Å². The van der Waals surface area contributed by atoms with Gasteiger partial charge in [0.1, 0.15) is 0 Å². The molecule has 1 aromatic carbocycles. The molecule has 7 nitrogen and oxygen atoms in total. The van der Waals surface area contributed by atoms with Crippen LogP contribution in [0.15, 0.2) is 35.5 Å².